The lowest BCUT2D eigenvalue weighted by Gasteiger charge is -2.23. The molecule has 0 saturated heterocycles. The summed E-state index contributed by atoms with van der Waals surface area (Å²) in [7, 11) is 0. The van der Waals surface area contributed by atoms with Crippen LogP contribution in [0.1, 0.15) is 55.4 Å². The zero-order chi connectivity index (χ0) is 20.3. The highest BCUT2D eigenvalue weighted by atomic mass is 16.2. The van der Waals surface area contributed by atoms with Gasteiger partial charge in [0.2, 0.25) is 0 Å². The number of hydrogen-bond acceptors (Lipinski definition) is 3. The molecule has 5 nitrogen and oxygen atoms in total. The van der Waals surface area contributed by atoms with E-state index in [1.54, 1.807) is 18.2 Å². The minimum atomic E-state index is -0.267. The number of rotatable bonds is 6. The highest BCUT2D eigenvalue weighted by Crippen LogP contribution is 2.23. The van der Waals surface area contributed by atoms with Gasteiger partial charge in [-0.2, -0.15) is 5.10 Å². The van der Waals surface area contributed by atoms with Crippen LogP contribution >= 0.6 is 0 Å². The quantitative estimate of drug-likeness (QED) is 0.703. The van der Waals surface area contributed by atoms with Crippen LogP contribution in [0, 0.1) is 5.92 Å². The van der Waals surface area contributed by atoms with Crippen molar-refractivity contribution in [3.8, 4) is 0 Å². The molecule has 3 rings (SSSR count). The Kier molecular flexibility index (Phi) is 5.93. The Bertz CT molecular complexity index is 1040. The molecular formula is C23H27N3O2. The van der Waals surface area contributed by atoms with Gasteiger partial charge >= 0.3 is 0 Å². The molecule has 1 atom stereocenters. The van der Waals surface area contributed by atoms with Gasteiger partial charge in [-0.25, -0.2) is 4.68 Å². The van der Waals surface area contributed by atoms with Crippen LogP contribution in [0.2, 0.25) is 0 Å². The Labute approximate surface area is 165 Å². The number of nitrogens with one attached hydrogen (secondary N) is 1. The third-order valence-corrected chi connectivity index (χ3v) is 5.08. The molecule has 0 radical (unpaired) electrons. The van der Waals surface area contributed by atoms with Crippen molar-refractivity contribution in [2.45, 2.75) is 46.7 Å². The molecule has 0 aliphatic rings. The lowest BCUT2D eigenvalue weighted by molar-refractivity contribution is 0.0920. The summed E-state index contributed by atoms with van der Waals surface area (Å²) in [4.78, 5) is 25.7. The molecule has 1 N–H and O–H groups in total. The first kappa shape index (κ1) is 19.8. The van der Waals surface area contributed by atoms with Crippen LogP contribution < -0.4 is 10.9 Å². The molecule has 1 amide bonds. The molecule has 0 fully saturated rings. The maximum absolute atomic E-state index is 13.2. The molecular weight excluding hydrogens is 350 g/mol. The number of aromatic nitrogens is 2. The molecule has 0 bridgehead atoms. The van der Waals surface area contributed by atoms with E-state index in [0.29, 0.717) is 17.3 Å². The van der Waals surface area contributed by atoms with Gasteiger partial charge in [0.1, 0.15) is 0 Å². The lowest BCUT2D eigenvalue weighted by Crippen LogP contribution is -2.34. The summed E-state index contributed by atoms with van der Waals surface area (Å²) in [6, 6.07) is 15.3. The average Bonchev–Trinajstić information content (AvgIpc) is 2.72. The van der Waals surface area contributed by atoms with E-state index in [1.165, 1.54) is 10.2 Å². The van der Waals surface area contributed by atoms with Gasteiger partial charge in [-0.15, -0.1) is 0 Å². The average molecular weight is 377 g/mol. The zero-order valence-electron chi connectivity index (χ0n) is 16.9. The van der Waals surface area contributed by atoms with Crippen molar-refractivity contribution in [2.24, 2.45) is 5.92 Å². The van der Waals surface area contributed by atoms with Crippen LogP contribution in [0.5, 0.6) is 0 Å². The van der Waals surface area contributed by atoms with Crippen molar-refractivity contribution in [1.29, 1.82) is 0 Å². The van der Waals surface area contributed by atoms with E-state index in [9.17, 15) is 9.59 Å². The summed E-state index contributed by atoms with van der Waals surface area (Å²) >= 11 is 0. The minimum absolute atomic E-state index is 0.138. The topological polar surface area (TPSA) is 64.0 Å². The van der Waals surface area contributed by atoms with Crippen molar-refractivity contribution >= 4 is 16.7 Å². The largest absolute Gasteiger partial charge is 0.344 e. The second-order valence-corrected chi connectivity index (χ2v) is 7.31. The number of carbonyl (C=O) groups excluding carboxylic acids is 1. The summed E-state index contributed by atoms with van der Waals surface area (Å²) in [5.74, 6) is -0.0589. The van der Waals surface area contributed by atoms with E-state index in [0.717, 1.165) is 12.0 Å². The van der Waals surface area contributed by atoms with Gasteiger partial charge < -0.3 is 5.32 Å². The van der Waals surface area contributed by atoms with E-state index < -0.39 is 0 Å². The van der Waals surface area contributed by atoms with Crippen molar-refractivity contribution in [3.63, 3.8) is 0 Å². The molecule has 1 heterocycles. The molecule has 0 saturated carbocycles. The van der Waals surface area contributed by atoms with Crippen molar-refractivity contribution in [1.82, 2.24) is 15.1 Å². The van der Waals surface area contributed by atoms with Gasteiger partial charge in [0.25, 0.3) is 11.5 Å². The molecule has 5 heteroatoms. The van der Waals surface area contributed by atoms with Gasteiger partial charge in [-0.3, -0.25) is 9.59 Å². The van der Waals surface area contributed by atoms with Crippen molar-refractivity contribution in [2.75, 3.05) is 0 Å². The molecule has 0 spiro atoms. The Morgan fingerprint density at radius 1 is 1.04 bits per heavy atom. The maximum atomic E-state index is 13.2. The van der Waals surface area contributed by atoms with E-state index in [1.807, 2.05) is 13.0 Å². The van der Waals surface area contributed by atoms with Crippen LogP contribution in [-0.4, -0.2) is 15.7 Å². The van der Waals surface area contributed by atoms with Gasteiger partial charge in [-0.05, 0) is 36.5 Å². The highest BCUT2D eigenvalue weighted by molar-refractivity contribution is 6.04. The highest BCUT2D eigenvalue weighted by Gasteiger charge is 2.22. The molecule has 28 heavy (non-hydrogen) atoms. The number of carbonyl (C=O) groups is 1. The number of fused-ring (bicyclic) bond motifs is 1. The molecule has 3 aromatic rings. The van der Waals surface area contributed by atoms with E-state index >= 15 is 0 Å². The summed E-state index contributed by atoms with van der Waals surface area (Å²) in [6.07, 6.45) is 0.980. The standard InChI is InChI=1S/C23H27N3O2/c1-5-16-11-13-17(14-12-16)20(15(3)4)24-22(27)21-18-9-7-8-10-19(18)23(28)26(6-2)25-21/h7-15,20H,5-6H2,1-4H3,(H,24,27). The molecule has 1 aromatic heterocycles. The second kappa shape index (κ2) is 8.38. The number of aryl methyl sites for hydroxylation is 2. The fourth-order valence-corrected chi connectivity index (χ4v) is 3.42. The molecule has 1 unspecified atom stereocenters. The predicted octanol–water partition coefficient (Wildman–Crippen LogP) is 4.11. The van der Waals surface area contributed by atoms with Crippen LogP contribution in [0.3, 0.4) is 0 Å². The Morgan fingerprint density at radius 2 is 1.68 bits per heavy atom. The Balaban J connectivity index is 2.00. The van der Waals surface area contributed by atoms with Crippen LogP contribution in [-0.2, 0) is 13.0 Å². The first-order chi connectivity index (χ1) is 13.5. The van der Waals surface area contributed by atoms with Gasteiger partial charge in [0.05, 0.1) is 11.4 Å². The summed E-state index contributed by atoms with van der Waals surface area (Å²) < 4.78 is 1.34. The maximum Gasteiger partial charge on any atom is 0.274 e. The number of benzene rings is 2. The monoisotopic (exact) mass is 377 g/mol. The van der Waals surface area contributed by atoms with E-state index in [2.05, 4.69) is 55.5 Å². The smallest absolute Gasteiger partial charge is 0.274 e. The first-order valence-electron chi connectivity index (χ1n) is 9.85. The van der Waals surface area contributed by atoms with Crippen LogP contribution in [0.25, 0.3) is 10.8 Å². The minimum Gasteiger partial charge on any atom is -0.344 e. The number of nitrogens with zero attached hydrogens (tertiary/aromatic N) is 2. The normalized spacial score (nSPS) is 12.3. The third kappa shape index (κ3) is 3.84. The van der Waals surface area contributed by atoms with Crippen LogP contribution in [0.4, 0.5) is 0 Å². The SMILES string of the molecule is CCc1ccc(C(NC(=O)c2nn(CC)c(=O)c3ccccc23)C(C)C)cc1. The van der Waals surface area contributed by atoms with Gasteiger partial charge in [-0.1, -0.05) is 63.2 Å². The summed E-state index contributed by atoms with van der Waals surface area (Å²) in [5, 5.41) is 8.57. The zero-order valence-corrected chi connectivity index (χ0v) is 16.9. The first-order valence-corrected chi connectivity index (χ1v) is 9.85. The Hall–Kier alpha value is -2.95. The van der Waals surface area contributed by atoms with Gasteiger partial charge in [0, 0.05) is 11.9 Å². The van der Waals surface area contributed by atoms with Crippen molar-refractivity contribution in [3.05, 3.63) is 75.7 Å². The number of hydrogen-bond donors (Lipinski definition) is 1. The Morgan fingerprint density at radius 3 is 2.25 bits per heavy atom. The fourth-order valence-electron chi connectivity index (χ4n) is 3.42. The lowest BCUT2D eigenvalue weighted by atomic mass is 9.94. The van der Waals surface area contributed by atoms with Crippen molar-refractivity contribution < 1.29 is 4.79 Å². The molecule has 0 aliphatic carbocycles. The summed E-state index contributed by atoms with van der Waals surface area (Å²) in [6.45, 7) is 8.54. The van der Waals surface area contributed by atoms with Gasteiger partial charge in [0.15, 0.2) is 5.69 Å². The fraction of sp³-hybridized carbons (Fsp3) is 0.348. The van der Waals surface area contributed by atoms with E-state index in [4.69, 9.17) is 0 Å². The molecule has 146 valence electrons. The molecule has 0 aliphatic heterocycles. The van der Waals surface area contributed by atoms with Crippen LogP contribution in [0.15, 0.2) is 53.3 Å². The third-order valence-electron chi connectivity index (χ3n) is 5.08. The second-order valence-electron chi connectivity index (χ2n) is 7.31. The summed E-state index contributed by atoms with van der Waals surface area (Å²) in [5.41, 5.74) is 2.44. The number of amides is 1. The predicted molar refractivity (Wildman–Crippen MR) is 113 cm³/mol. The van der Waals surface area contributed by atoms with E-state index in [-0.39, 0.29) is 29.1 Å². The molecule has 2 aromatic carbocycles.